The van der Waals surface area contributed by atoms with Gasteiger partial charge in [-0.15, -0.1) is 10.2 Å². The maximum absolute atomic E-state index is 12.8. The lowest BCUT2D eigenvalue weighted by atomic mass is 9.91. The number of aromatic nitrogens is 3. The fourth-order valence-corrected chi connectivity index (χ4v) is 4.67. The number of hydrogen-bond donors (Lipinski definition) is 0. The number of benzene rings is 2. The summed E-state index contributed by atoms with van der Waals surface area (Å²) in [6, 6.07) is 8.03. The van der Waals surface area contributed by atoms with Crippen molar-refractivity contribution >= 4 is 33.4 Å². The molecule has 0 N–H and O–H groups in total. The van der Waals surface area contributed by atoms with Crippen molar-refractivity contribution in [2.45, 2.75) is 40.0 Å². The Morgan fingerprint density at radius 3 is 2.44 bits per heavy atom. The van der Waals surface area contributed by atoms with Crippen molar-refractivity contribution in [2.24, 2.45) is 0 Å². The molecule has 4 rings (SSSR count). The van der Waals surface area contributed by atoms with E-state index >= 15 is 0 Å². The quantitative estimate of drug-likeness (QED) is 0.248. The fourth-order valence-electron chi connectivity index (χ4n) is 4.30. The highest BCUT2D eigenvalue weighted by Gasteiger charge is 2.19. The SMILES string of the molecule is COc1c(C)cc(/C(=C/CCCc2nnc(C)o2)c2cc(C)c3onc(OC)c3c2)cc1C(=O)SC. The van der Waals surface area contributed by atoms with Crippen molar-refractivity contribution in [1.82, 2.24) is 15.4 Å². The van der Waals surface area contributed by atoms with Crippen molar-refractivity contribution < 1.29 is 23.2 Å². The summed E-state index contributed by atoms with van der Waals surface area (Å²) in [5.41, 5.74) is 5.95. The summed E-state index contributed by atoms with van der Waals surface area (Å²) in [5, 5.41) is 12.8. The predicted molar refractivity (Wildman–Crippen MR) is 140 cm³/mol. The molecule has 36 heavy (non-hydrogen) atoms. The second-order valence-electron chi connectivity index (χ2n) is 8.45. The van der Waals surface area contributed by atoms with E-state index in [9.17, 15) is 4.79 Å². The van der Waals surface area contributed by atoms with E-state index in [1.807, 2.05) is 32.0 Å². The number of allylic oxidation sites excluding steroid dienone is 1. The van der Waals surface area contributed by atoms with Gasteiger partial charge in [-0.2, -0.15) is 0 Å². The number of carbonyl (C=O) groups excluding carboxylic acids is 1. The second kappa shape index (κ2) is 11.0. The topological polar surface area (TPSA) is 100 Å². The summed E-state index contributed by atoms with van der Waals surface area (Å²) >= 11 is 1.17. The lowest BCUT2D eigenvalue weighted by Gasteiger charge is -2.16. The number of hydrogen-bond acceptors (Lipinski definition) is 9. The number of thioether (sulfide) groups is 1. The maximum atomic E-state index is 12.8. The molecule has 0 aliphatic heterocycles. The summed E-state index contributed by atoms with van der Waals surface area (Å²) in [5.74, 6) is 2.22. The zero-order valence-corrected chi connectivity index (χ0v) is 22.1. The predicted octanol–water partition coefficient (Wildman–Crippen LogP) is 6.11. The Morgan fingerprint density at radius 1 is 1.03 bits per heavy atom. The van der Waals surface area contributed by atoms with Gasteiger partial charge in [0.15, 0.2) is 5.58 Å². The lowest BCUT2D eigenvalue weighted by molar-refractivity contribution is 0.108. The van der Waals surface area contributed by atoms with E-state index in [1.165, 1.54) is 11.8 Å². The zero-order valence-electron chi connectivity index (χ0n) is 21.3. The summed E-state index contributed by atoms with van der Waals surface area (Å²) in [7, 11) is 3.16. The Kier molecular flexibility index (Phi) is 7.79. The smallest absolute Gasteiger partial charge is 0.261 e. The number of rotatable bonds is 9. The first-order valence-electron chi connectivity index (χ1n) is 11.6. The largest absolute Gasteiger partial charge is 0.496 e. The molecule has 0 atom stereocenters. The summed E-state index contributed by atoms with van der Waals surface area (Å²) in [4.78, 5) is 12.8. The number of fused-ring (bicyclic) bond motifs is 1. The van der Waals surface area contributed by atoms with E-state index in [0.29, 0.717) is 41.0 Å². The first-order chi connectivity index (χ1) is 17.4. The molecule has 0 bridgehead atoms. The Hall–Kier alpha value is -3.59. The van der Waals surface area contributed by atoms with Crippen LogP contribution in [0.15, 0.2) is 39.3 Å². The Bertz CT molecular complexity index is 1440. The van der Waals surface area contributed by atoms with Gasteiger partial charge < -0.3 is 18.4 Å². The normalized spacial score (nSPS) is 11.8. The highest BCUT2D eigenvalue weighted by molar-refractivity contribution is 8.13. The third-order valence-corrected chi connectivity index (χ3v) is 6.53. The summed E-state index contributed by atoms with van der Waals surface area (Å²) in [6.45, 7) is 5.71. The first kappa shape index (κ1) is 25.5. The molecule has 2 aromatic heterocycles. The van der Waals surface area contributed by atoms with Crippen molar-refractivity contribution in [3.8, 4) is 11.6 Å². The third kappa shape index (κ3) is 5.16. The molecule has 0 saturated carbocycles. The van der Waals surface area contributed by atoms with Crippen LogP contribution in [0.3, 0.4) is 0 Å². The standard InChI is InChI=1S/C27H29N3O5S/c1-15-11-19(14-22(24(15)32-4)27(31)36-6)20(9-7-8-10-23-29-28-17(3)34-23)18-12-16(2)25-21(13-18)26(33-5)30-35-25/h9,11-14H,7-8,10H2,1-6H3/b20-9+. The van der Waals surface area contributed by atoms with Gasteiger partial charge in [0.1, 0.15) is 5.75 Å². The maximum Gasteiger partial charge on any atom is 0.261 e. The van der Waals surface area contributed by atoms with E-state index in [4.69, 9.17) is 18.4 Å². The average Bonchev–Trinajstić information content (AvgIpc) is 3.48. The van der Waals surface area contributed by atoms with Gasteiger partial charge in [-0.25, -0.2) is 0 Å². The minimum absolute atomic E-state index is 0.0461. The van der Waals surface area contributed by atoms with Gasteiger partial charge in [0.25, 0.3) is 5.88 Å². The van der Waals surface area contributed by atoms with Crippen molar-refractivity contribution in [3.05, 3.63) is 69.9 Å². The number of ether oxygens (including phenoxy) is 2. The van der Waals surface area contributed by atoms with Gasteiger partial charge in [0, 0.05) is 13.3 Å². The molecular formula is C27H29N3O5S. The van der Waals surface area contributed by atoms with E-state index in [2.05, 4.69) is 27.5 Å². The van der Waals surface area contributed by atoms with Gasteiger partial charge in [0.05, 0.1) is 25.2 Å². The van der Waals surface area contributed by atoms with Gasteiger partial charge in [-0.05, 0) is 90.2 Å². The monoisotopic (exact) mass is 507 g/mol. The van der Waals surface area contributed by atoms with Gasteiger partial charge >= 0.3 is 0 Å². The van der Waals surface area contributed by atoms with Crippen LogP contribution in [-0.4, -0.2) is 40.9 Å². The molecule has 0 radical (unpaired) electrons. The molecule has 2 heterocycles. The molecule has 8 nitrogen and oxygen atoms in total. The molecule has 188 valence electrons. The van der Waals surface area contributed by atoms with Crippen molar-refractivity contribution in [1.29, 1.82) is 0 Å². The lowest BCUT2D eigenvalue weighted by Crippen LogP contribution is -2.02. The Balaban J connectivity index is 1.80. The molecule has 0 saturated heterocycles. The van der Waals surface area contributed by atoms with Gasteiger partial charge in [-0.1, -0.05) is 17.8 Å². The van der Waals surface area contributed by atoms with Crippen molar-refractivity contribution in [2.75, 3.05) is 20.5 Å². The minimum Gasteiger partial charge on any atom is -0.496 e. The van der Waals surface area contributed by atoms with Gasteiger partial charge in [-0.3, -0.25) is 4.79 Å². The zero-order chi connectivity index (χ0) is 25.8. The highest BCUT2D eigenvalue weighted by atomic mass is 32.2. The van der Waals surface area contributed by atoms with Crippen LogP contribution >= 0.6 is 11.8 Å². The molecule has 4 aromatic rings. The van der Waals surface area contributed by atoms with E-state index in [1.54, 1.807) is 27.4 Å². The van der Waals surface area contributed by atoms with Crippen molar-refractivity contribution in [3.63, 3.8) is 0 Å². The van der Waals surface area contributed by atoms with Crippen LogP contribution in [-0.2, 0) is 6.42 Å². The summed E-state index contributed by atoms with van der Waals surface area (Å²) in [6.07, 6.45) is 6.23. The molecule has 0 aliphatic carbocycles. The van der Waals surface area contributed by atoms with Crippen LogP contribution < -0.4 is 9.47 Å². The van der Waals surface area contributed by atoms with E-state index in [0.717, 1.165) is 46.1 Å². The number of nitrogens with zero attached hydrogens (tertiary/aromatic N) is 3. The minimum atomic E-state index is -0.0461. The van der Waals surface area contributed by atoms with E-state index < -0.39 is 0 Å². The number of unbranched alkanes of at least 4 members (excludes halogenated alkanes) is 1. The molecule has 0 spiro atoms. The van der Waals surface area contributed by atoms with Crippen LogP contribution in [0.5, 0.6) is 11.6 Å². The number of aryl methyl sites for hydroxylation is 4. The van der Waals surface area contributed by atoms with Crippen LogP contribution in [0.4, 0.5) is 0 Å². The highest BCUT2D eigenvalue weighted by Crippen LogP contribution is 2.36. The second-order valence-corrected chi connectivity index (χ2v) is 9.23. The van der Waals surface area contributed by atoms with Crippen LogP contribution in [0.25, 0.3) is 16.5 Å². The fraction of sp³-hybridized carbons (Fsp3) is 0.333. The molecule has 0 amide bonds. The van der Waals surface area contributed by atoms with Crippen LogP contribution in [0.1, 0.15) is 57.2 Å². The number of carbonyl (C=O) groups is 1. The molecule has 0 fully saturated rings. The molecule has 2 aromatic carbocycles. The van der Waals surface area contributed by atoms with Crippen LogP contribution in [0.2, 0.25) is 0 Å². The molecular weight excluding hydrogens is 478 g/mol. The first-order valence-corrected chi connectivity index (χ1v) is 12.8. The Labute approximate surface area is 214 Å². The summed E-state index contributed by atoms with van der Waals surface area (Å²) < 4.78 is 22.0. The average molecular weight is 508 g/mol. The van der Waals surface area contributed by atoms with E-state index in [-0.39, 0.29) is 5.12 Å². The molecule has 0 aliphatic rings. The Morgan fingerprint density at radius 2 is 1.78 bits per heavy atom. The van der Waals surface area contributed by atoms with Gasteiger partial charge in [0.2, 0.25) is 16.9 Å². The van der Waals surface area contributed by atoms with Crippen LogP contribution in [0, 0.1) is 20.8 Å². The third-order valence-electron chi connectivity index (χ3n) is 5.94. The molecule has 0 unspecified atom stereocenters. The number of methoxy groups -OCH3 is 2. The molecule has 9 heteroatoms.